The summed E-state index contributed by atoms with van der Waals surface area (Å²) in [5, 5.41) is 20.8. The van der Waals surface area contributed by atoms with Crippen molar-refractivity contribution in [3.05, 3.63) is 5.01 Å². The zero-order chi connectivity index (χ0) is 11.4. The molecule has 0 spiro atoms. The van der Waals surface area contributed by atoms with Gasteiger partial charge in [0.15, 0.2) is 0 Å². The van der Waals surface area contributed by atoms with Crippen LogP contribution in [0.4, 0.5) is 5.13 Å². The van der Waals surface area contributed by atoms with Crippen molar-refractivity contribution in [3.63, 3.8) is 0 Å². The summed E-state index contributed by atoms with van der Waals surface area (Å²) >= 11 is 1.78. The zero-order valence-electron chi connectivity index (χ0n) is 9.75. The smallest absolute Gasteiger partial charge is 0.208 e. The van der Waals surface area contributed by atoms with Gasteiger partial charge in [0.2, 0.25) is 5.13 Å². The lowest BCUT2D eigenvalue weighted by Gasteiger charge is -2.36. The number of aliphatic hydroxyl groups excluding tert-OH is 1. The Morgan fingerprint density at radius 3 is 2.41 bits per heavy atom. The number of nitrogens with zero attached hydrogens (tertiary/aromatic N) is 3. The van der Waals surface area contributed by atoms with E-state index < -0.39 is 0 Å². The number of piperidine rings is 1. The molecule has 3 aliphatic rings. The van der Waals surface area contributed by atoms with E-state index in [1.165, 1.54) is 30.7 Å². The summed E-state index contributed by atoms with van der Waals surface area (Å²) in [5.41, 5.74) is 0. The van der Waals surface area contributed by atoms with E-state index in [-0.39, 0.29) is 6.10 Å². The van der Waals surface area contributed by atoms with Gasteiger partial charge in [-0.1, -0.05) is 11.3 Å². The van der Waals surface area contributed by atoms with Crippen LogP contribution in [0.2, 0.25) is 0 Å². The first kappa shape index (κ1) is 10.3. The van der Waals surface area contributed by atoms with Gasteiger partial charge < -0.3 is 10.0 Å². The fraction of sp³-hybridized carbons (Fsp3) is 0.833. The highest BCUT2D eigenvalue weighted by atomic mass is 32.1. The van der Waals surface area contributed by atoms with Crippen molar-refractivity contribution in [2.24, 2.45) is 0 Å². The predicted octanol–water partition coefficient (Wildman–Crippen LogP) is 1.91. The first-order valence-electron chi connectivity index (χ1n) is 6.61. The molecule has 0 aromatic carbocycles. The molecule has 92 valence electrons. The molecule has 0 radical (unpaired) electrons. The Labute approximate surface area is 105 Å². The molecule has 3 heterocycles. The van der Waals surface area contributed by atoms with Gasteiger partial charge in [0.25, 0.3) is 0 Å². The van der Waals surface area contributed by atoms with Crippen molar-refractivity contribution in [1.29, 1.82) is 0 Å². The van der Waals surface area contributed by atoms with E-state index in [1.54, 1.807) is 11.3 Å². The fourth-order valence-corrected chi connectivity index (χ4v) is 4.44. The number of anilines is 1. The van der Waals surface area contributed by atoms with Crippen LogP contribution in [0.1, 0.15) is 49.5 Å². The van der Waals surface area contributed by atoms with Gasteiger partial charge in [-0.15, -0.1) is 10.2 Å². The van der Waals surface area contributed by atoms with E-state index in [9.17, 15) is 5.11 Å². The molecule has 1 aromatic heterocycles. The maximum Gasteiger partial charge on any atom is 0.208 e. The highest BCUT2D eigenvalue weighted by Crippen LogP contribution is 2.45. The molecule has 2 bridgehead atoms. The van der Waals surface area contributed by atoms with Gasteiger partial charge in [-0.05, 0) is 38.5 Å². The van der Waals surface area contributed by atoms with Gasteiger partial charge in [-0.3, -0.25) is 0 Å². The third-order valence-electron chi connectivity index (χ3n) is 4.29. The first-order valence-corrected chi connectivity index (χ1v) is 7.42. The van der Waals surface area contributed by atoms with E-state index in [0.29, 0.717) is 18.0 Å². The minimum Gasteiger partial charge on any atom is -0.393 e. The zero-order valence-corrected chi connectivity index (χ0v) is 10.6. The van der Waals surface area contributed by atoms with Gasteiger partial charge in [0.05, 0.1) is 6.10 Å². The maximum atomic E-state index is 9.80. The van der Waals surface area contributed by atoms with Crippen molar-refractivity contribution in [1.82, 2.24) is 10.2 Å². The fourth-order valence-electron chi connectivity index (χ4n) is 3.29. The maximum absolute atomic E-state index is 9.80. The molecule has 1 saturated carbocycles. The number of hydrogen-bond donors (Lipinski definition) is 1. The Balaban J connectivity index is 1.61. The molecule has 1 aliphatic carbocycles. The van der Waals surface area contributed by atoms with Crippen LogP contribution in [0, 0.1) is 0 Å². The molecule has 2 atom stereocenters. The molecular weight excluding hydrogens is 234 g/mol. The molecule has 5 heteroatoms. The molecule has 0 amide bonds. The summed E-state index contributed by atoms with van der Waals surface area (Å²) in [6.45, 7) is 0. The van der Waals surface area contributed by atoms with E-state index in [0.717, 1.165) is 18.0 Å². The second kappa shape index (κ2) is 3.65. The average molecular weight is 251 g/mol. The van der Waals surface area contributed by atoms with E-state index in [2.05, 4.69) is 15.1 Å². The first-order chi connectivity index (χ1) is 8.31. The Kier molecular flexibility index (Phi) is 2.21. The number of fused-ring (bicyclic) bond motifs is 2. The molecule has 3 fully saturated rings. The number of aromatic nitrogens is 2. The Bertz CT molecular complexity index is 417. The lowest BCUT2D eigenvalue weighted by atomic mass is 10.0. The van der Waals surface area contributed by atoms with E-state index in [4.69, 9.17) is 0 Å². The summed E-state index contributed by atoms with van der Waals surface area (Å²) in [4.78, 5) is 2.44. The third-order valence-corrected chi connectivity index (χ3v) is 5.38. The van der Waals surface area contributed by atoms with Crippen LogP contribution < -0.4 is 4.90 Å². The molecule has 2 aliphatic heterocycles. The molecule has 1 aromatic rings. The second-order valence-electron chi connectivity index (χ2n) is 5.61. The lowest BCUT2D eigenvalue weighted by molar-refractivity contribution is 0.126. The summed E-state index contributed by atoms with van der Waals surface area (Å²) in [7, 11) is 0. The molecule has 2 unspecified atom stereocenters. The number of hydrogen-bond acceptors (Lipinski definition) is 5. The Morgan fingerprint density at radius 2 is 1.76 bits per heavy atom. The topological polar surface area (TPSA) is 49.2 Å². The van der Waals surface area contributed by atoms with E-state index in [1.807, 2.05) is 0 Å². The van der Waals surface area contributed by atoms with Gasteiger partial charge in [-0.2, -0.15) is 0 Å². The summed E-state index contributed by atoms with van der Waals surface area (Å²) in [5.74, 6) is 0.703. The van der Waals surface area contributed by atoms with Crippen molar-refractivity contribution in [2.45, 2.75) is 62.6 Å². The van der Waals surface area contributed by atoms with Crippen LogP contribution in [0.15, 0.2) is 0 Å². The van der Waals surface area contributed by atoms with Crippen LogP contribution in [0.25, 0.3) is 0 Å². The van der Waals surface area contributed by atoms with Gasteiger partial charge >= 0.3 is 0 Å². The van der Waals surface area contributed by atoms with Crippen molar-refractivity contribution < 1.29 is 5.11 Å². The Hall–Kier alpha value is -0.680. The van der Waals surface area contributed by atoms with Crippen LogP contribution in [-0.4, -0.2) is 33.5 Å². The van der Waals surface area contributed by atoms with Crippen LogP contribution in [0.3, 0.4) is 0 Å². The summed E-state index contributed by atoms with van der Waals surface area (Å²) < 4.78 is 0. The Morgan fingerprint density at radius 1 is 1.06 bits per heavy atom. The van der Waals surface area contributed by atoms with Gasteiger partial charge in [0.1, 0.15) is 5.01 Å². The van der Waals surface area contributed by atoms with Gasteiger partial charge in [-0.25, -0.2) is 0 Å². The second-order valence-corrected chi connectivity index (χ2v) is 6.60. The molecule has 17 heavy (non-hydrogen) atoms. The summed E-state index contributed by atoms with van der Waals surface area (Å²) in [6, 6.07) is 1.01. The van der Waals surface area contributed by atoms with Gasteiger partial charge in [0, 0.05) is 18.0 Å². The van der Waals surface area contributed by atoms with Crippen LogP contribution in [-0.2, 0) is 0 Å². The minimum atomic E-state index is -0.0976. The van der Waals surface area contributed by atoms with Crippen molar-refractivity contribution in [3.8, 4) is 0 Å². The highest BCUT2D eigenvalue weighted by molar-refractivity contribution is 7.15. The lowest BCUT2D eigenvalue weighted by Crippen LogP contribution is -2.44. The number of rotatable bonds is 2. The monoisotopic (exact) mass is 251 g/mol. The van der Waals surface area contributed by atoms with Crippen molar-refractivity contribution in [2.75, 3.05) is 4.90 Å². The summed E-state index contributed by atoms with van der Waals surface area (Å²) in [6.07, 6.45) is 6.73. The third kappa shape index (κ3) is 1.67. The standard InChI is InChI=1S/C12H17N3OS/c16-10-5-8-3-4-9(6-10)15(8)12-14-13-11(17-12)7-1-2-7/h7-10,16H,1-6H2. The highest BCUT2D eigenvalue weighted by Gasteiger charge is 2.42. The molecule has 4 rings (SSSR count). The molecular formula is C12H17N3OS. The molecule has 1 N–H and O–H groups in total. The normalized spacial score (nSPS) is 36.5. The van der Waals surface area contributed by atoms with Crippen molar-refractivity contribution >= 4 is 16.5 Å². The largest absolute Gasteiger partial charge is 0.393 e. The van der Waals surface area contributed by atoms with Crippen LogP contribution in [0.5, 0.6) is 0 Å². The average Bonchev–Trinajstić information content (AvgIpc) is 2.98. The predicted molar refractivity (Wildman–Crippen MR) is 66.4 cm³/mol. The SMILES string of the molecule is OC1CC2CCC(C1)N2c1nnc(C2CC2)s1. The van der Waals surface area contributed by atoms with E-state index >= 15 is 0 Å². The quantitative estimate of drug-likeness (QED) is 0.872. The van der Waals surface area contributed by atoms with Crippen LogP contribution >= 0.6 is 11.3 Å². The molecule has 4 nitrogen and oxygen atoms in total. The molecule has 2 saturated heterocycles. The number of aliphatic hydroxyl groups is 1. The minimum absolute atomic E-state index is 0.0976.